The van der Waals surface area contributed by atoms with Gasteiger partial charge in [-0.2, -0.15) is 0 Å². The third-order valence-electron chi connectivity index (χ3n) is 2.91. The Bertz CT molecular complexity index is 445. The first-order valence-corrected chi connectivity index (χ1v) is 6.72. The highest BCUT2D eigenvalue weighted by molar-refractivity contribution is 5.91. The molecule has 0 atom stereocenters. The molecule has 1 amide bonds. The van der Waals surface area contributed by atoms with E-state index in [0.717, 1.165) is 17.7 Å². The summed E-state index contributed by atoms with van der Waals surface area (Å²) < 4.78 is 5.04. The van der Waals surface area contributed by atoms with Crippen LogP contribution in [0.2, 0.25) is 0 Å². The van der Waals surface area contributed by atoms with E-state index >= 15 is 0 Å². The largest absolute Gasteiger partial charge is 0.481 e. The second-order valence-corrected chi connectivity index (χ2v) is 4.55. The van der Waals surface area contributed by atoms with Crippen LogP contribution in [0.1, 0.15) is 31.2 Å². The summed E-state index contributed by atoms with van der Waals surface area (Å²) in [5.74, 6) is -0.907. The molecule has 2 N–H and O–H groups in total. The number of carbonyl (C=O) groups excluding carboxylic acids is 1. The minimum absolute atomic E-state index is 0.0831. The molecule has 5 nitrogen and oxygen atoms in total. The number of benzene rings is 1. The quantitative estimate of drug-likeness (QED) is 0.681. The first-order valence-electron chi connectivity index (χ1n) is 6.72. The van der Waals surface area contributed by atoms with Gasteiger partial charge < -0.3 is 15.2 Å². The maximum Gasteiger partial charge on any atom is 0.303 e. The number of hydrogen-bond donors (Lipinski definition) is 2. The van der Waals surface area contributed by atoms with Crippen LogP contribution in [0, 0.1) is 0 Å². The highest BCUT2D eigenvalue weighted by Crippen LogP contribution is 2.16. The summed E-state index contributed by atoms with van der Waals surface area (Å²) >= 11 is 0. The predicted molar refractivity (Wildman–Crippen MR) is 76.8 cm³/mol. The number of methoxy groups -OCH3 is 1. The second-order valence-electron chi connectivity index (χ2n) is 4.55. The molecular weight excluding hydrogens is 258 g/mol. The summed E-state index contributed by atoms with van der Waals surface area (Å²) in [6, 6.07) is 7.61. The normalized spacial score (nSPS) is 10.2. The summed E-state index contributed by atoms with van der Waals surface area (Å²) in [6.07, 6.45) is 2.29. The molecule has 110 valence electrons. The van der Waals surface area contributed by atoms with Crippen LogP contribution in [0.4, 0.5) is 5.69 Å². The average Bonchev–Trinajstić information content (AvgIpc) is 2.42. The molecule has 0 aliphatic rings. The summed E-state index contributed by atoms with van der Waals surface area (Å²) in [5.41, 5.74) is 1.83. The fourth-order valence-electron chi connectivity index (χ4n) is 1.85. The number of para-hydroxylation sites is 1. The van der Waals surface area contributed by atoms with Crippen molar-refractivity contribution in [2.45, 2.75) is 32.1 Å². The van der Waals surface area contributed by atoms with E-state index < -0.39 is 5.97 Å². The number of ether oxygens (including phenoxy) is 1. The van der Waals surface area contributed by atoms with Crippen molar-refractivity contribution in [2.75, 3.05) is 19.0 Å². The van der Waals surface area contributed by atoms with Crippen molar-refractivity contribution >= 4 is 17.6 Å². The molecule has 0 saturated carbocycles. The van der Waals surface area contributed by atoms with E-state index in [1.165, 1.54) is 0 Å². The lowest BCUT2D eigenvalue weighted by molar-refractivity contribution is -0.137. The second kappa shape index (κ2) is 9.09. The van der Waals surface area contributed by atoms with Crippen LogP contribution >= 0.6 is 0 Å². The van der Waals surface area contributed by atoms with Gasteiger partial charge in [-0.25, -0.2) is 0 Å². The monoisotopic (exact) mass is 279 g/mol. The molecular formula is C15H21NO4. The van der Waals surface area contributed by atoms with Gasteiger partial charge in [-0.15, -0.1) is 0 Å². The number of amides is 1. The van der Waals surface area contributed by atoms with Crippen molar-refractivity contribution < 1.29 is 19.4 Å². The van der Waals surface area contributed by atoms with Crippen molar-refractivity contribution in [3.8, 4) is 0 Å². The molecule has 0 fully saturated rings. The van der Waals surface area contributed by atoms with Gasteiger partial charge in [-0.05, 0) is 30.9 Å². The van der Waals surface area contributed by atoms with Crippen molar-refractivity contribution in [1.82, 2.24) is 0 Å². The molecule has 0 heterocycles. The Balaban J connectivity index is 2.42. The Hall–Kier alpha value is -1.88. The first-order chi connectivity index (χ1) is 9.63. The molecule has 0 saturated heterocycles. The van der Waals surface area contributed by atoms with E-state index in [4.69, 9.17) is 9.84 Å². The summed E-state index contributed by atoms with van der Waals surface area (Å²) in [6.45, 7) is 0.603. The highest BCUT2D eigenvalue weighted by atomic mass is 16.5. The van der Waals surface area contributed by atoms with Gasteiger partial charge in [-0.1, -0.05) is 18.2 Å². The van der Waals surface area contributed by atoms with E-state index in [-0.39, 0.29) is 12.3 Å². The summed E-state index contributed by atoms with van der Waals surface area (Å²) in [4.78, 5) is 22.2. The lowest BCUT2D eigenvalue weighted by Crippen LogP contribution is -2.13. The van der Waals surface area contributed by atoms with Crippen molar-refractivity contribution in [1.29, 1.82) is 0 Å². The fraction of sp³-hybridized carbons (Fsp3) is 0.467. The van der Waals surface area contributed by atoms with Crippen LogP contribution in [0.25, 0.3) is 0 Å². The lowest BCUT2D eigenvalue weighted by Gasteiger charge is -2.10. The minimum Gasteiger partial charge on any atom is -0.481 e. The number of unbranched alkanes of at least 4 members (excludes halogenated alkanes) is 1. The molecule has 5 heteroatoms. The number of nitrogens with one attached hydrogen (secondary N) is 1. The standard InChI is InChI=1S/C15H21NO4/c1-20-11-10-12-6-2-3-7-13(12)16-14(17)8-4-5-9-15(18)19/h2-3,6-7H,4-5,8-11H2,1H3,(H,16,17)(H,18,19). The van der Waals surface area contributed by atoms with Crippen LogP contribution in [0.3, 0.4) is 0 Å². The average molecular weight is 279 g/mol. The molecule has 0 bridgehead atoms. The Morgan fingerprint density at radius 2 is 1.90 bits per heavy atom. The Kier molecular flexibility index (Phi) is 7.35. The zero-order valence-corrected chi connectivity index (χ0v) is 11.7. The van der Waals surface area contributed by atoms with Gasteiger partial charge in [0.05, 0.1) is 6.61 Å². The van der Waals surface area contributed by atoms with Crippen LogP contribution in [-0.2, 0) is 20.7 Å². The maximum absolute atomic E-state index is 11.8. The van der Waals surface area contributed by atoms with Crippen molar-refractivity contribution in [2.24, 2.45) is 0 Å². The number of carbonyl (C=O) groups is 2. The Morgan fingerprint density at radius 3 is 2.60 bits per heavy atom. The van der Waals surface area contributed by atoms with Crippen molar-refractivity contribution in [3.05, 3.63) is 29.8 Å². The van der Waals surface area contributed by atoms with Gasteiger partial charge in [0.25, 0.3) is 0 Å². The van der Waals surface area contributed by atoms with Gasteiger partial charge in [0.15, 0.2) is 0 Å². The third kappa shape index (κ3) is 6.33. The third-order valence-corrected chi connectivity index (χ3v) is 2.91. The van der Waals surface area contributed by atoms with Gasteiger partial charge in [0.2, 0.25) is 5.91 Å². The number of hydrogen-bond acceptors (Lipinski definition) is 3. The summed E-state index contributed by atoms with van der Waals surface area (Å²) in [5, 5.41) is 11.4. The SMILES string of the molecule is COCCc1ccccc1NC(=O)CCCCC(=O)O. The molecule has 0 unspecified atom stereocenters. The zero-order chi connectivity index (χ0) is 14.8. The molecule has 0 radical (unpaired) electrons. The lowest BCUT2D eigenvalue weighted by atomic mass is 10.1. The van der Waals surface area contributed by atoms with Crippen LogP contribution < -0.4 is 5.32 Å². The highest BCUT2D eigenvalue weighted by Gasteiger charge is 2.07. The van der Waals surface area contributed by atoms with Gasteiger partial charge in [0.1, 0.15) is 0 Å². The molecule has 20 heavy (non-hydrogen) atoms. The number of aliphatic carboxylic acids is 1. The Morgan fingerprint density at radius 1 is 1.20 bits per heavy atom. The summed E-state index contributed by atoms with van der Waals surface area (Å²) in [7, 11) is 1.64. The topological polar surface area (TPSA) is 75.6 Å². The molecule has 0 aromatic heterocycles. The smallest absolute Gasteiger partial charge is 0.303 e. The van der Waals surface area contributed by atoms with Gasteiger partial charge >= 0.3 is 5.97 Å². The molecule has 1 rings (SSSR count). The molecule has 0 spiro atoms. The van der Waals surface area contributed by atoms with Crippen LogP contribution in [-0.4, -0.2) is 30.7 Å². The minimum atomic E-state index is -0.824. The number of carboxylic acid groups (broad SMARTS) is 1. The van der Waals surface area contributed by atoms with E-state index in [1.54, 1.807) is 7.11 Å². The van der Waals surface area contributed by atoms with E-state index in [0.29, 0.717) is 25.9 Å². The van der Waals surface area contributed by atoms with E-state index in [2.05, 4.69) is 5.32 Å². The Labute approximate surface area is 118 Å². The van der Waals surface area contributed by atoms with Gasteiger partial charge in [0, 0.05) is 25.6 Å². The molecule has 1 aromatic rings. The number of carboxylic acids is 1. The fourth-order valence-corrected chi connectivity index (χ4v) is 1.85. The zero-order valence-electron chi connectivity index (χ0n) is 11.7. The van der Waals surface area contributed by atoms with Crippen LogP contribution in [0.5, 0.6) is 0 Å². The van der Waals surface area contributed by atoms with E-state index in [1.807, 2.05) is 24.3 Å². The number of rotatable bonds is 9. The molecule has 0 aliphatic heterocycles. The predicted octanol–water partition coefficient (Wildman–Crippen LogP) is 2.46. The van der Waals surface area contributed by atoms with Crippen molar-refractivity contribution in [3.63, 3.8) is 0 Å². The number of anilines is 1. The molecule has 0 aliphatic carbocycles. The maximum atomic E-state index is 11.8. The molecule has 1 aromatic carbocycles. The van der Waals surface area contributed by atoms with Crippen LogP contribution in [0.15, 0.2) is 24.3 Å². The van der Waals surface area contributed by atoms with Gasteiger partial charge in [-0.3, -0.25) is 9.59 Å². The first kappa shape index (κ1) is 16.2. The van der Waals surface area contributed by atoms with E-state index in [9.17, 15) is 9.59 Å².